The molecule has 14 nitrogen and oxygen atoms in total. The highest BCUT2D eigenvalue weighted by molar-refractivity contribution is 6.31. The number of aliphatic hydroxyl groups excluding tert-OH is 1. The van der Waals surface area contributed by atoms with Crippen LogP contribution in [0, 0.1) is 0 Å². The first-order valence-corrected chi connectivity index (χ1v) is 17.7. The molecule has 2 aromatic rings. The molecule has 0 bridgehead atoms. The Bertz CT molecular complexity index is 1570. The molecule has 2 aliphatic rings. The SMILES string of the molecule is CC[C@@H]1NC(=O)[C@@H](NC(=O)c2cc(Cl)ccc2OC)CCCCNC(=O)[C@@H]2CCCN2C(=O)[C@@H](Cc2ccccc2)NC(=O)[C@H]([C@@H](C)O)NC1=O. The number of halogens is 1. The van der Waals surface area contributed by atoms with Gasteiger partial charge in [0, 0.05) is 24.5 Å². The third kappa shape index (κ3) is 10.4. The molecule has 6 atom stereocenters. The zero-order valence-corrected chi connectivity index (χ0v) is 29.8. The Labute approximate surface area is 302 Å². The molecule has 0 aliphatic carbocycles. The molecule has 0 unspecified atom stereocenters. The van der Waals surface area contributed by atoms with Crippen molar-refractivity contribution < 1.29 is 38.6 Å². The molecule has 2 heterocycles. The molecule has 0 spiro atoms. The van der Waals surface area contributed by atoms with E-state index in [4.69, 9.17) is 16.3 Å². The second-order valence-corrected chi connectivity index (χ2v) is 13.2. The van der Waals surface area contributed by atoms with Gasteiger partial charge in [-0.1, -0.05) is 48.9 Å². The molecule has 51 heavy (non-hydrogen) atoms. The van der Waals surface area contributed by atoms with Crippen LogP contribution >= 0.6 is 11.6 Å². The minimum absolute atomic E-state index is 0.109. The lowest BCUT2D eigenvalue weighted by Gasteiger charge is -2.30. The summed E-state index contributed by atoms with van der Waals surface area (Å²) in [5, 5.41) is 24.4. The molecule has 6 amide bonds. The second-order valence-electron chi connectivity index (χ2n) is 12.8. The van der Waals surface area contributed by atoms with Gasteiger partial charge in [-0.05, 0) is 69.2 Å². The Balaban J connectivity index is 1.62. The molecule has 0 aromatic heterocycles. The topological polar surface area (TPSA) is 195 Å². The lowest BCUT2D eigenvalue weighted by molar-refractivity contribution is -0.142. The number of methoxy groups -OCH3 is 1. The van der Waals surface area contributed by atoms with Crippen LogP contribution in [-0.4, -0.2) is 102 Å². The number of nitrogens with zero attached hydrogens (tertiary/aromatic N) is 1. The van der Waals surface area contributed by atoms with Gasteiger partial charge in [-0.25, -0.2) is 0 Å². The van der Waals surface area contributed by atoms with Gasteiger partial charge in [-0.2, -0.15) is 0 Å². The average molecular weight is 727 g/mol. The third-order valence-corrected chi connectivity index (χ3v) is 9.32. The molecule has 2 aliphatic heterocycles. The Morgan fingerprint density at radius 1 is 0.941 bits per heavy atom. The van der Waals surface area contributed by atoms with Gasteiger partial charge in [-0.15, -0.1) is 0 Å². The van der Waals surface area contributed by atoms with Crippen LogP contribution < -0.4 is 31.3 Å². The number of aliphatic hydroxyl groups is 1. The van der Waals surface area contributed by atoms with Crippen molar-refractivity contribution in [2.45, 2.75) is 95.1 Å². The summed E-state index contributed by atoms with van der Waals surface area (Å²) in [4.78, 5) is 83.1. The van der Waals surface area contributed by atoms with Gasteiger partial charge >= 0.3 is 0 Å². The number of ether oxygens (including phenoxy) is 1. The monoisotopic (exact) mass is 726 g/mol. The number of hydrogen-bond donors (Lipinski definition) is 6. The van der Waals surface area contributed by atoms with Gasteiger partial charge in [-0.3, -0.25) is 28.8 Å². The molecule has 15 heteroatoms. The standard InChI is InChI=1S/C36H47ClN6O8/c1-4-25-32(46)42-30(21(2)44)35(49)41-27(19-22-11-6-5-7-12-22)36(50)43-18-10-14-28(43)34(48)38-17-9-8-13-26(33(47)39-25)40-31(45)24-20-23(37)15-16-29(24)51-3/h5-7,11-12,15-16,20-21,25-28,30,44H,4,8-10,13-14,17-19H2,1-3H3,(H,38,48)(H,39,47)(H,40,45)(H,41,49)(H,42,46)/t21-,25+,26+,27-,28+,30+/m1/s1. The van der Waals surface area contributed by atoms with Crippen LogP contribution in [0.25, 0.3) is 0 Å². The van der Waals surface area contributed by atoms with Crippen LogP contribution in [0.1, 0.15) is 68.3 Å². The number of nitrogens with one attached hydrogen (secondary N) is 5. The number of hydrogen-bond acceptors (Lipinski definition) is 8. The molecule has 4 rings (SSSR count). The van der Waals surface area contributed by atoms with E-state index in [0.717, 1.165) is 5.56 Å². The van der Waals surface area contributed by atoms with E-state index >= 15 is 0 Å². The highest BCUT2D eigenvalue weighted by atomic mass is 35.5. The lowest BCUT2D eigenvalue weighted by atomic mass is 10.0. The summed E-state index contributed by atoms with van der Waals surface area (Å²) < 4.78 is 5.30. The summed E-state index contributed by atoms with van der Waals surface area (Å²) in [5.74, 6) is -3.37. The number of benzene rings is 2. The lowest BCUT2D eigenvalue weighted by Crippen LogP contribution is -2.61. The van der Waals surface area contributed by atoms with Gasteiger partial charge in [0.05, 0.1) is 18.8 Å². The third-order valence-electron chi connectivity index (χ3n) is 9.09. The zero-order valence-electron chi connectivity index (χ0n) is 29.1. The summed E-state index contributed by atoms with van der Waals surface area (Å²) >= 11 is 6.13. The van der Waals surface area contributed by atoms with Crippen molar-refractivity contribution >= 4 is 47.0 Å². The zero-order chi connectivity index (χ0) is 37.1. The van der Waals surface area contributed by atoms with E-state index < -0.39 is 65.8 Å². The van der Waals surface area contributed by atoms with Crippen LogP contribution in [-0.2, 0) is 30.4 Å². The first-order chi connectivity index (χ1) is 24.4. The maximum absolute atomic E-state index is 14.0. The molecule has 2 fully saturated rings. The summed E-state index contributed by atoms with van der Waals surface area (Å²) in [7, 11) is 1.40. The minimum atomic E-state index is -1.49. The Morgan fingerprint density at radius 3 is 2.35 bits per heavy atom. The fourth-order valence-corrected chi connectivity index (χ4v) is 6.44. The largest absolute Gasteiger partial charge is 0.496 e. The summed E-state index contributed by atoms with van der Waals surface area (Å²) in [5.41, 5.74) is 0.869. The first-order valence-electron chi connectivity index (χ1n) is 17.3. The van der Waals surface area contributed by atoms with Crippen molar-refractivity contribution in [1.82, 2.24) is 31.5 Å². The maximum atomic E-state index is 14.0. The Hall–Kier alpha value is -4.69. The molecule has 2 aromatic carbocycles. The number of carbonyl (C=O) groups excluding carboxylic acids is 6. The maximum Gasteiger partial charge on any atom is 0.255 e. The van der Waals surface area contributed by atoms with E-state index in [0.29, 0.717) is 32.2 Å². The van der Waals surface area contributed by atoms with Crippen LogP contribution in [0.3, 0.4) is 0 Å². The average Bonchev–Trinajstić information content (AvgIpc) is 3.61. The number of carbonyl (C=O) groups is 6. The smallest absolute Gasteiger partial charge is 0.255 e. The van der Waals surface area contributed by atoms with Gasteiger partial charge in [0.25, 0.3) is 5.91 Å². The summed E-state index contributed by atoms with van der Waals surface area (Å²) in [6.45, 7) is 3.55. The highest BCUT2D eigenvalue weighted by Crippen LogP contribution is 2.23. The molecule has 276 valence electrons. The fourth-order valence-electron chi connectivity index (χ4n) is 6.26. The van der Waals surface area contributed by atoms with Gasteiger partial charge in [0.2, 0.25) is 29.5 Å². The molecular weight excluding hydrogens is 680 g/mol. The van der Waals surface area contributed by atoms with E-state index in [-0.39, 0.29) is 48.0 Å². The second kappa shape index (κ2) is 18.5. The van der Waals surface area contributed by atoms with Crippen molar-refractivity contribution in [2.75, 3.05) is 20.2 Å². The van der Waals surface area contributed by atoms with Gasteiger partial charge < -0.3 is 41.3 Å². The summed E-state index contributed by atoms with van der Waals surface area (Å²) in [6, 6.07) is 7.99. The molecule has 0 saturated carbocycles. The number of rotatable bonds is 7. The molecule has 6 N–H and O–H groups in total. The van der Waals surface area contributed by atoms with Crippen LogP contribution in [0.4, 0.5) is 0 Å². The van der Waals surface area contributed by atoms with Crippen molar-refractivity contribution in [3.8, 4) is 5.75 Å². The normalized spacial score (nSPS) is 24.8. The van der Waals surface area contributed by atoms with Crippen molar-refractivity contribution in [3.05, 3.63) is 64.7 Å². The van der Waals surface area contributed by atoms with E-state index in [1.165, 1.54) is 31.1 Å². The van der Waals surface area contributed by atoms with E-state index in [2.05, 4.69) is 26.6 Å². The quantitative estimate of drug-likeness (QED) is 0.245. The van der Waals surface area contributed by atoms with Crippen molar-refractivity contribution in [1.29, 1.82) is 0 Å². The summed E-state index contributed by atoms with van der Waals surface area (Å²) in [6.07, 6.45) is 0.890. The predicted octanol–water partition coefficient (Wildman–Crippen LogP) is 1.23. The van der Waals surface area contributed by atoms with Gasteiger partial charge in [0.15, 0.2) is 0 Å². The minimum Gasteiger partial charge on any atom is -0.496 e. The van der Waals surface area contributed by atoms with Crippen molar-refractivity contribution in [3.63, 3.8) is 0 Å². The van der Waals surface area contributed by atoms with Crippen LogP contribution in [0.2, 0.25) is 5.02 Å². The van der Waals surface area contributed by atoms with Crippen molar-refractivity contribution in [2.24, 2.45) is 0 Å². The molecule has 2 saturated heterocycles. The fraction of sp³-hybridized carbons (Fsp3) is 0.500. The van der Waals surface area contributed by atoms with Crippen LogP contribution in [0.15, 0.2) is 48.5 Å². The van der Waals surface area contributed by atoms with E-state index in [1.54, 1.807) is 25.1 Å². The Morgan fingerprint density at radius 2 is 1.67 bits per heavy atom. The van der Waals surface area contributed by atoms with Crippen LogP contribution in [0.5, 0.6) is 5.75 Å². The number of fused-ring (bicyclic) bond motifs is 1. The predicted molar refractivity (Wildman–Crippen MR) is 189 cm³/mol. The highest BCUT2D eigenvalue weighted by Gasteiger charge is 2.39. The Kier molecular flexibility index (Phi) is 14.2. The van der Waals surface area contributed by atoms with E-state index in [9.17, 15) is 33.9 Å². The van der Waals surface area contributed by atoms with E-state index in [1.807, 2.05) is 18.2 Å². The first kappa shape index (κ1) is 39.1. The van der Waals surface area contributed by atoms with Gasteiger partial charge in [0.1, 0.15) is 36.0 Å². The molecular formula is C36H47ClN6O8. The molecule has 0 radical (unpaired) electrons. The number of amides is 6.